The molecule has 5 nitrogen and oxygen atoms in total. The minimum Gasteiger partial charge on any atom is -0.287 e. The van der Waals surface area contributed by atoms with E-state index >= 15 is 0 Å². The van der Waals surface area contributed by atoms with Crippen molar-refractivity contribution in [2.24, 2.45) is 5.84 Å². The molecule has 0 aliphatic rings. The third-order valence-corrected chi connectivity index (χ3v) is 4.14. The van der Waals surface area contributed by atoms with Gasteiger partial charge >= 0.3 is 0 Å². The standard InChI is InChI=1S/C20H18ClN5/c1-15(10-14-25(22)17-7-11-23-12-8-17)16(2)19-9-13-24-26(19)20-6-4-3-5-18(20)21/h3-14H,1-2,22H2/b14-10-. The number of nitrogens with zero attached hydrogens (tertiary/aromatic N) is 4. The molecular formula is C20H18ClN5. The summed E-state index contributed by atoms with van der Waals surface area (Å²) in [6.45, 7) is 8.22. The highest BCUT2D eigenvalue weighted by Crippen LogP contribution is 2.26. The molecule has 1 aromatic carbocycles. The maximum Gasteiger partial charge on any atom is 0.0839 e. The number of aromatic nitrogens is 3. The van der Waals surface area contributed by atoms with Crippen molar-refractivity contribution in [2.45, 2.75) is 0 Å². The lowest BCUT2D eigenvalue weighted by atomic mass is 10.1. The highest BCUT2D eigenvalue weighted by Gasteiger charge is 2.12. The van der Waals surface area contributed by atoms with E-state index in [1.807, 2.05) is 42.5 Å². The van der Waals surface area contributed by atoms with Gasteiger partial charge in [0.1, 0.15) is 0 Å². The van der Waals surface area contributed by atoms with Gasteiger partial charge in [0.25, 0.3) is 0 Å². The maximum atomic E-state index is 6.29. The molecule has 2 N–H and O–H groups in total. The van der Waals surface area contributed by atoms with Crippen molar-refractivity contribution in [1.82, 2.24) is 14.8 Å². The first-order valence-electron chi connectivity index (χ1n) is 7.87. The smallest absolute Gasteiger partial charge is 0.0839 e. The van der Waals surface area contributed by atoms with Crippen LogP contribution in [0.1, 0.15) is 5.69 Å². The highest BCUT2D eigenvalue weighted by molar-refractivity contribution is 6.32. The number of hydrogen-bond donors (Lipinski definition) is 1. The molecule has 2 heterocycles. The Balaban J connectivity index is 1.80. The highest BCUT2D eigenvalue weighted by atomic mass is 35.5. The third kappa shape index (κ3) is 3.74. The second kappa shape index (κ2) is 7.82. The fourth-order valence-electron chi connectivity index (χ4n) is 2.38. The fourth-order valence-corrected chi connectivity index (χ4v) is 2.60. The van der Waals surface area contributed by atoms with Gasteiger partial charge in [0.2, 0.25) is 0 Å². The second-order valence-electron chi connectivity index (χ2n) is 5.51. The molecule has 0 atom stereocenters. The number of rotatable bonds is 6. The zero-order chi connectivity index (χ0) is 18.5. The van der Waals surface area contributed by atoms with Crippen molar-refractivity contribution in [1.29, 1.82) is 0 Å². The summed E-state index contributed by atoms with van der Waals surface area (Å²) in [5.74, 6) is 6.02. The van der Waals surface area contributed by atoms with E-state index in [0.29, 0.717) is 10.6 Å². The largest absolute Gasteiger partial charge is 0.287 e. The molecule has 0 spiro atoms. The molecule has 2 aromatic heterocycles. The summed E-state index contributed by atoms with van der Waals surface area (Å²) >= 11 is 6.29. The zero-order valence-electron chi connectivity index (χ0n) is 14.1. The van der Waals surface area contributed by atoms with Gasteiger partial charge in [-0.2, -0.15) is 5.10 Å². The molecule has 0 amide bonds. The van der Waals surface area contributed by atoms with Crippen LogP contribution in [0.25, 0.3) is 11.3 Å². The molecule has 3 rings (SSSR count). The quantitative estimate of drug-likeness (QED) is 0.401. The van der Waals surface area contributed by atoms with Gasteiger partial charge in [-0.05, 0) is 47.6 Å². The predicted molar refractivity (Wildman–Crippen MR) is 107 cm³/mol. The van der Waals surface area contributed by atoms with Crippen LogP contribution in [-0.2, 0) is 0 Å². The van der Waals surface area contributed by atoms with Crippen LogP contribution in [0.5, 0.6) is 0 Å². The first-order chi connectivity index (χ1) is 12.6. The van der Waals surface area contributed by atoms with Crippen molar-refractivity contribution in [2.75, 3.05) is 5.01 Å². The molecular weight excluding hydrogens is 346 g/mol. The van der Waals surface area contributed by atoms with Crippen LogP contribution in [-0.4, -0.2) is 14.8 Å². The van der Waals surface area contributed by atoms with E-state index in [4.69, 9.17) is 17.4 Å². The predicted octanol–water partition coefficient (Wildman–Crippen LogP) is 4.38. The molecule has 3 aromatic rings. The summed E-state index contributed by atoms with van der Waals surface area (Å²) in [5.41, 5.74) is 3.84. The van der Waals surface area contributed by atoms with Crippen LogP contribution >= 0.6 is 11.6 Å². The minimum atomic E-state index is 0.609. The van der Waals surface area contributed by atoms with E-state index in [9.17, 15) is 0 Å². The fraction of sp³-hybridized carbons (Fsp3) is 0. The lowest BCUT2D eigenvalue weighted by Crippen LogP contribution is -2.23. The molecule has 130 valence electrons. The van der Waals surface area contributed by atoms with Gasteiger partial charge in [0, 0.05) is 18.6 Å². The summed E-state index contributed by atoms with van der Waals surface area (Å²) < 4.78 is 1.74. The van der Waals surface area contributed by atoms with E-state index in [0.717, 1.165) is 22.6 Å². The Kier molecular flexibility index (Phi) is 5.31. The van der Waals surface area contributed by atoms with Crippen LogP contribution in [0.4, 0.5) is 5.69 Å². The molecule has 0 unspecified atom stereocenters. The summed E-state index contributed by atoms with van der Waals surface area (Å²) in [4.78, 5) is 3.97. The molecule has 0 saturated carbocycles. The summed E-state index contributed by atoms with van der Waals surface area (Å²) in [5, 5.41) is 6.46. The monoisotopic (exact) mass is 363 g/mol. The van der Waals surface area contributed by atoms with Gasteiger partial charge in [-0.25, -0.2) is 10.5 Å². The second-order valence-corrected chi connectivity index (χ2v) is 5.92. The third-order valence-electron chi connectivity index (χ3n) is 3.82. The average molecular weight is 364 g/mol. The minimum absolute atomic E-state index is 0.609. The number of anilines is 1. The number of halogens is 1. The van der Waals surface area contributed by atoms with Gasteiger partial charge in [-0.1, -0.05) is 36.9 Å². The van der Waals surface area contributed by atoms with Gasteiger partial charge in [-0.3, -0.25) is 9.99 Å². The number of nitrogens with two attached hydrogens (primary N) is 1. The summed E-state index contributed by atoms with van der Waals surface area (Å²) in [7, 11) is 0. The Hall–Kier alpha value is -3.15. The number of hydrogen-bond acceptors (Lipinski definition) is 4. The van der Waals surface area contributed by atoms with E-state index in [1.54, 1.807) is 35.5 Å². The lowest BCUT2D eigenvalue weighted by Gasteiger charge is -2.14. The van der Waals surface area contributed by atoms with Crippen molar-refractivity contribution in [3.05, 3.63) is 103 Å². The first kappa shape index (κ1) is 17.7. The van der Waals surface area contributed by atoms with Crippen LogP contribution in [0.15, 0.2) is 92.1 Å². The van der Waals surface area contributed by atoms with Crippen LogP contribution in [0.2, 0.25) is 5.02 Å². The number of hydrazine groups is 1. The molecule has 26 heavy (non-hydrogen) atoms. The van der Waals surface area contributed by atoms with Crippen molar-refractivity contribution < 1.29 is 0 Å². The molecule has 0 saturated heterocycles. The van der Waals surface area contributed by atoms with Crippen molar-refractivity contribution in [3.63, 3.8) is 0 Å². The average Bonchev–Trinajstić information content (AvgIpc) is 3.15. The summed E-state index contributed by atoms with van der Waals surface area (Å²) in [6.07, 6.45) is 8.58. The Morgan fingerprint density at radius 2 is 1.81 bits per heavy atom. The molecule has 0 aliphatic carbocycles. The van der Waals surface area contributed by atoms with Crippen LogP contribution < -0.4 is 10.9 Å². The van der Waals surface area contributed by atoms with Crippen molar-refractivity contribution in [3.8, 4) is 5.69 Å². The number of pyridine rings is 1. The van der Waals surface area contributed by atoms with Crippen LogP contribution in [0.3, 0.4) is 0 Å². The number of allylic oxidation sites excluding steroid dienone is 3. The van der Waals surface area contributed by atoms with Gasteiger partial charge in [-0.15, -0.1) is 0 Å². The Morgan fingerprint density at radius 3 is 2.54 bits per heavy atom. The van der Waals surface area contributed by atoms with E-state index in [-0.39, 0.29) is 0 Å². The molecule has 6 heteroatoms. The van der Waals surface area contributed by atoms with E-state index in [1.165, 1.54) is 5.01 Å². The molecule has 0 bridgehead atoms. The Labute approximate surface area is 157 Å². The normalized spacial score (nSPS) is 10.8. The Bertz CT molecular complexity index is 959. The van der Waals surface area contributed by atoms with Gasteiger partial charge < -0.3 is 0 Å². The number of benzene rings is 1. The Morgan fingerprint density at radius 1 is 1.08 bits per heavy atom. The summed E-state index contributed by atoms with van der Waals surface area (Å²) in [6, 6.07) is 13.0. The molecule has 0 fully saturated rings. The van der Waals surface area contributed by atoms with Gasteiger partial charge in [0.15, 0.2) is 0 Å². The SMILES string of the molecule is C=C(/C=C\N(N)c1ccncc1)C(=C)c1ccnn1-c1ccccc1Cl. The van der Waals surface area contributed by atoms with E-state index in [2.05, 4.69) is 23.2 Å². The topological polar surface area (TPSA) is 60.0 Å². The van der Waals surface area contributed by atoms with Crippen molar-refractivity contribution >= 4 is 22.9 Å². The number of para-hydroxylation sites is 1. The van der Waals surface area contributed by atoms with Crippen LogP contribution in [0, 0.1) is 0 Å². The lowest BCUT2D eigenvalue weighted by molar-refractivity contribution is 0.868. The zero-order valence-corrected chi connectivity index (χ0v) is 14.8. The first-order valence-corrected chi connectivity index (χ1v) is 8.25. The molecule has 0 radical (unpaired) electrons. The van der Waals surface area contributed by atoms with Gasteiger partial charge in [0.05, 0.1) is 28.3 Å². The van der Waals surface area contributed by atoms with E-state index < -0.39 is 0 Å². The molecule has 0 aliphatic heterocycles. The maximum absolute atomic E-state index is 6.29.